The van der Waals surface area contributed by atoms with Gasteiger partial charge >= 0.3 is 6.09 Å². The van der Waals surface area contributed by atoms with E-state index in [1.165, 1.54) is 0 Å². The van der Waals surface area contributed by atoms with Crippen molar-refractivity contribution >= 4 is 33.6 Å². The number of pyridine rings is 1. The van der Waals surface area contributed by atoms with Gasteiger partial charge in [-0.2, -0.15) is 4.98 Å². The molecule has 2 atom stereocenters. The molecular weight excluding hydrogens is 426 g/mol. The van der Waals surface area contributed by atoms with E-state index in [9.17, 15) is 4.79 Å². The molecule has 28 heavy (non-hydrogen) atoms. The Morgan fingerprint density at radius 1 is 1.43 bits per heavy atom. The fourth-order valence-electron chi connectivity index (χ4n) is 3.26. The number of fused-ring (bicyclic) bond motifs is 1. The van der Waals surface area contributed by atoms with Crippen molar-refractivity contribution in [1.82, 2.24) is 19.5 Å². The third kappa shape index (κ3) is 4.68. The van der Waals surface area contributed by atoms with Crippen LogP contribution in [0.15, 0.2) is 16.7 Å². The maximum Gasteiger partial charge on any atom is 0.410 e. The van der Waals surface area contributed by atoms with Crippen LogP contribution in [-0.2, 0) is 4.74 Å². The number of carbonyl (C=O) groups excluding carboxylic acids is 1. The Labute approximate surface area is 173 Å². The highest BCUT2D eigenvalue weighted by Crippen LogP contribution is 2.30. The molecule has 1 saturated heterocycles. The number of piperidine rings is 1. The number of nitrogens with one attached hydrogen (secondary N) is 1. The average Bonchev–Trinajstić information content (AvgIpc) is 3.00. The second-order valence-electron chi connectivity index (χ2n) is 8.07. The van der Waals surface area contributed by atoms with Crippen LogP contribution in [-0.4, -0.2) is 56.9 Å². The molecular formula is C19H28BrN5O3. The van der Waals surface area contributed by atoms with Crippen molar-refractivity contribution in [1.29, 1.82) is 0 Å². The van der Waals surface area contributed by atoms with Crippen molar-refractivity contribution in [2.75, 3.05) is 25.0 Å². The van der Waals surface area contributed by atoms with E-state index in [0.29, 0.717) is 37.0 Å². The van der Waals surface area contributed by atoms with E-state index >= 15 is 0 Å². The molecule has 0 spiro atoms. The fraction of sp³-hybridized carbons (Fsp3) is 0.632. The number of amides is 1. The van der Waals surface area contributed by atoms with Crippen LogP contribution in [0.4, 0.5) is 10.7 Å². The maximum atomic E-state index is 12.3. The Balaban J connectivity index is 1.68. The predicted octanol–water partition coefficient (Wildman–Crippen LogP) is 3.95. The number of hydrogen-bond donors (Lipinski definition) is 1. The Hall–Kier alpha value is -2.03. The van der Waals surface area contributed by atoms with Gasteiger partial charge in [0, 0.05) is 25.3 Å². The second-order valence-corrected chi connectivity index (χ2v) is 8.93. The second kappa shape index (κ2) is 8.14. The van der Waals surface area contributed by atoms with Gasteiger partial charge in [0.05, 0.1) is 11.1 Å². The molecule has 0 radical (unpaired) electrons. The SMILES string of the molecule is CCOc1c(Br)ccn2nc(NC3CCN(C(=O)OC(C)(C)C)CC3C)nc12. The van der Waals surface area contributed by atoms with Crippen LogP contribution in [0.2, 0.25) is 0 Å². The van der Waals surface area contributed by atoms with Gasteiger partial charge in [-0.3, -0.25) is 0 Å². The summed E-state index contributed by atoms with van der Waals surface area (Å²) in [6, 6.07) is 2.06. The van der Waals surface area contributed by atoms with Crippen LogP contribution in [0.1, 0.15) is 41.0 Å². The normalized spacial score (nSPS) is 20.3. The van der Waals surface area contributed by atoms with Gasteiger partial charge in [-0.15, -0.1) is 5.10 Å². The van der Waals surface area contributed by atoms with Crippen molar-refractivity contribution in [2.24, 2.45) is 5.92 Å². The van der Waals surface area contributed by atoms with E-state index in [0.717, 1.165) is 10.9 Å². The molecule has 1 N–H and O–H groups in total. The third-order valence-corrected chi connectivity index (χ3v) is 5.20. The number of anilines is 1. The van der Waals surface area contributed by atoms with E-state index in [1.807, 2.05) is 40.0 Å². The summed E-state index contributed by atoms with van der Waals surface area (Å²) in [4.78, 5) is 18.7. The van der Waals surface area contributed by atoms with Crippen LogP contribution in [0, 0.1) is 5.92 Å². The molecule has 1 aliphatic heterocycles. The Kier molecular flexibility index (Phi) is 6.02. The topological polar surface area (TPSA) is 81.0 Å². The minimum absolute atomic E-state index is 0.176. The number of hydrogen-bond acceptors (Lipinski definition) is 6. The molecule has 0 saturated carbocycles. The van der Waals surface area contributed by atoms with Crippen molar-refractivity contribution in [2.45, 2.75) is 52.7 Å². The largest absolute Gasteiger partial charge is 0.489 e. The van der Waals surface area contributed by atoms with Gasteiger partial charge in [-0.05, 0) is 62.0 Å². The summed E-state index contributed by atoms with van der Waals surface area (Å²) in [7, 11) is 0. The summed E-state index contributed by atoms with van der Waals surface area (Å²) in [6.07, 6.45) is 2.39. The number of nitrogens with zero attached hydrogens (tertiary/aromatic N) is 4. The molecule has 0 aliphatic carbocycles. The van der Waals surface area contributed by atoms with Crippen molar-refractivity contribution < 1.29 is 14.3 Å². The number of likely N-dealkylation sites (tertiary alicyclic amines) is 1. The van der Waals surface area contributed by atoms with Crippen molar-refractivity contribution in [3.63, 3.8) is 0 Å². The molecule has 2 aromatic rings. The van der Waals surface area contributed by atoms with E-state index in [2.05, 4.69) is 38.3 Å². The Bertz CT molecular complexity index is 848. The van der Waals surface area contributed by atoms with Gasteiger partial charge in [-0.1, -0.05) is 6.92 Å². The zero-order chi connectivity index (χ0) is 20.5. The average molecular weight is 454 g/mol. The molecule has 2 unspecified atom stereocenters. The lowest BCUT2D eigenvalue weighted by atomic mass is 9.94. The first-order valence-electron chi connectivity index (χ1n) is 9.60. The van der Waals surface area contributed by atoms with Gasteiger partial charge in [-0.25, -0.2) is 9.31 Å². The molecule has 2 aromatic heterocycles. The first-order chi connectivity index (χ1) is 13.2. The van der Waals surface area contributed by atoms with Gasteiger partial charge in [0.1, 0.15) is 5.60 Å². The van der Waals surface area contributed by atoms with Crippen LogP contribution in [0.3, 0.4) is 0 Å². The van der Waals surface area contributed by atoms with Crippen LogP contribution in [0.25, 0.3) is 5.65 Å². The zero-order valence-corrected chi connectivity index (χ0v) is 18.6. The molecule has 0 bridgehead atoms. The first-order valence-corrected chi connectivity index (χ1v) is 10.4. The molecule has 9 heteroatoms. The monoisotopic (exact) mass is 453 g/mol. The van der Waals surface area contributed by atoms with Gasteiger partial charge in [0.25, 0.3) is 0 Å². The minimum Gasteiger partial charge on any atom is -0.489 e. The van der Waals surface area contributed by atoms with E-state index in [-0.39, 0.29) is 18.1 Å². The lowest BCUT2D eigenvalue weighted by molar-refractivity contribution is 0.0165. The van der Waals surface area contributed by atoms with Gasteiger partial charge < -0.3 is 19.7 Å². The van der Waals surface area contributed by atoms with Crippen molar-refractivity contribution in [3.05, 3.63) is 16.7 Å². The fourth-order valence-corrected chi connectivity index (χ4v) is 3.67. The van der Waals surface area contributed by atoms with E-state index in [4.69, 9.17) is 9.47 Å². The number of ether oxygens (including phenoxy) is 2. The van der Waals surface area contributed by atoms with Gasteiger partial charge in [0.2, 0.25) is 11.6 Å². The summed E-state index contributed by atoms with van der Waals surface area (Å²) >= 11 is 3.50. The number of halogens is 1. The Morgan fingerprint density at radius 3 is 2.82 bits per heavy atom. The highest BCUT2D eigenvalue weighted by atomic mass is 79.9. The maximum absolute atomic E-state index is 12.3. The third-order valence-electron chi connectivity index (χ3n) is 4.57. The van der Waals surface area contributed by atoms with Crippen LogP contribution >= 0.6 is 15.9 Å². The minimum atomic E-state index is -0.484. The lowest BCUT2D eigenvalue weighted by Gasteiger charge is -2.37. The highest BCUT2D eigenvalue weighted by Gasteiger charge is 2.31. The molecule has 0 aromatic carbocycles. The summed E-state index contributed by atoms with van der Waals surface area (Å²) in [5, 5.41) is 7.94. The number of carbonyl (C=O) groups is 1. The number of rotatable bonds is 4. The predicted molar refractivity (Wildman–Crippen MR) is 111 cm³/mol. The molecule has 154 valence electrons. The zero-order valence-electron chi connectivity index (χ0n) is 17.0. The summed E-state index contributed by atoms with van der Waals surface area (Å²) in [5.41, 5.74) is 0.181. The Morgan fingerprint density at radius 2 is 2.18 bits per heavy atom. The molecule has 1 fully saturated rings. The van der Waals surface area contributed by atoms with Crippen LogP contribution in [0.5, 0.6) is 5.75 Å². The van der Waals surface area contributed by atoms with Crippen molar-refractivity contribution in [3.8, 4) is 5.75 Å². The summed E-state index contributed by atoms with van der Waals surface area (Å²) in [5.74, 6) is 1.48. The smallest absolute Gasteiger partial charge is 0.410 e. The molecule has 1 amide bonds. The highest BCUT2D eigenvalue weighted by molar-refractivity contribution is 9.10. The standard InChI is InChI=1S/C19H28BrN5O3/c1-6-27-15-13(20)7-10-25-16(15)22-17(23-25)21-14-8-9-24(11-12(14)2)18(26)28-19(3,4)5/h7,10,12,14H,6,8-9,11H2,1-5H3,(H,21,23). The van der Waals surface area contributed by atoms with Crippen LogP contribution < -0.4 is 10.1 Å². The summed E-state index contributed by atoms with van der Waals surface area (Å²) < 4.78 is 13.7. The quantitative estimate of drug-likeness (QED) is 0.754. The van der Waals surface area contributed by atoms with E-state index < -0.39 is 5.60 Å². The van der Waals surface area contributed by atoms with E-state index in [1.54, 1.807) is 9.42 Å². The molecule has 3 rings (SSSR count). The molecule has 3 heterocycles. The molecule has 8 nitrogen and oxygen atoms in total. The first kappa shape index (κ1) is 20.7. The number of aromatic nitrogens is 3. The molecule has 1 aliphatic rings. The van der Waals surface area contributed by atoms with Gasteiger partial charge in [0.15, 0.2) is 5.75 Å². The lowest BCUT2D eigenvalue weighted by Crippen LogP contribution is -2.49. The summed E-state index contributed by atoms with van der Waals surface area (Å²) in [6.45, 7) is 11.5.